The van der Waals surface area contributed by atoms with E-state index in [9.17, 15) is 13.2 Å². The van der Waals surface area contributed by atoms with Crippen LogP contribution < -0.4 is 5.73 Å². The Kier molecular flexibility index (Phi) is 3.60. The molecule has 2 N–H and O–H groups in total. The number of rotatable bonds is 0. The maximum absolute atomic E-state index is 12.0. The van der Waals surface area contributed by atoms with Crippen LogP contribution in [0.4, 0.5) is 18.9 Å². The predicted molar refractivity (Wildman–Crippen MR) is 47.6 cm³/mol. The van der Waals surface area contributed by atoms with Crippen LogP contribution in [-0.4, -0.2) is 0 Å². The molecule has 0 heterocycles. The molecule has 0 aliphatic carbocycles. The van der Waals surface area contributed by atoms with Gasteiger partial charge in [0.05, 0.1) is 16.3 Å². The summed E-state index contributed by atoms with van der Waals surface area (Å²) in [4.78, 5) is 0. The van der Waals surface area contributed by atoms with Crippen molar-refractivity contribution in [3.05, 3.63) is 28.8 Å². The Labute approximate surface area is 79.3 Å². The molecule has 0 amide bonds. The van der Waals surface area contributed by atoms with Gasteiger partial charge in [0, 0.05) is 0 Å². The number of halogens is 4. The van der Waals surface area contributed by atoms with Crippen LogP contribution >= 0.6 is 11.6 Å². The molecule has 0 saturated heterocycles. The first-order valence-electron chi connectivity index (χ1n) is 3.03. The summed E-state index contributed by atoms with van der Waals surface area (Å²) >= 11 is 5.44. The van der Waals surface area contributed by atoms with Gasteiger partial charge in [0.15, 0.2) is 0 Å². The van der Waals surface area contributed by atoms with Gasteiger partial charge in [0.2, 0.25) is 0 Å². The largest absolute Gasteiger partial charge is 0.416 e. The van der Waals surface area contributed by atoms with E-state index in [1.165, 1.54) is 0 Å². The van der Waals surface area contributed by atoms with Crippen molar-refractivity contribution in [3.8, 4) is 0 Å². The number of nitrogen functional groups attached to an aromatic ring is 1. The second-order valence-corrected chi connectivity index (χ2v) is 2.64. The van der Waals surface area contributed by atoms with E-state index in [-0.39, 0.29) is 18.1 Å². The first kappa shape index (κ1) is 12.1. The van der Waals surface area contributed by atoms with Crippen molar-refractivity contribution in [2.45, 2.75) is 13.6 Å². The maximum atomic E-state index is 12.0. The Morgan fingerprint density at radius 1 is 1.23 bits per heavy atom. The number of alkyl halides is 3. The Bertz CT molecular complexity index is 296. The Balaban J connectivity index is 0.00000144. The van der Waals surface area contributed by atoms with Crippen molar-refractivity contribution in [2.24, 2.45) is 0 Å². The molecule has 74 valence electrons. The molecular formula is C8H9ClF3N. The van der Waals surface area contributed by atoms with Gasteiger partial charge in [-0.05, 0) is 18.2 Å². The standard InChI is InChI=1S/C7H5ClF3N.CH4/c8-5-2-1-4(3-6(5)12)7(9,10)11;/h1-3H,12H2;1H4. The monoisotopic (exact) mass is 211 g/mol. The minimum absolute atomic E-state index is 0. The molecule has 0 aliphatic rings. The lowest BCUT2D eigenvalue weighted by Gasteiger charge is -2.07. The van der Waals surface area contributed by atoms with E-state index in [4.69, 9.17) is 17.3 Å². The fourth-order valence-corrected chi connectivity index (χ4v) is 0.838. The molecule has 1 aromatic carbocycles. The fraction of sp³-hybridized carbons (Fsp3) is 0.250. The van der Waals surface area contributed by atoms with Gasteiger partial charge in [-0.15, -0.1) is 0 Å². The molecule has 13 heavy (non-hydrogen) atoms. The highest BCUT2D eigenvalue weighted by Crippen LogP contribution is 2.32. The van der Waals surface area contributed by atoms with E-state index in [1.807, 2.05) is 0 Å². The van der Waals surface area contributed by atoms with Crippen LogP contribution in [0.5, 0.6) is 0 Å². The molecule has 0 atom stereocenters. The zero-order valence-corrected chi connectivity index (χ0v) is 6.58. The number of anilines is 1. The minimum atomic E-state index is -4.36. The van der Waals surface area contributed by atoms with E-state index in [2.05, 4.69) is 0 Å². The molecule has 0 saturated carbocycles. The van der Waals surface area contributed by atoms with Gasteiger partial charge in [-0.3, -0.25) is 0 Å². The average molecular weight is 212 g/mol. The van der Waals surface area contributed by atoms with Gasteiger partial charge in [0.1, 0.15) is 0 Å². The van der Waals surface area contributed by atoms with Crippen molar-refractivity contribution in [1.29, 1.82) is 0 Å². The smallest absolute Gasteiger partial charge is 0.398 e. The van der Waals surface area contributed by atoms with E-state index in [0.29, 0.717) is 0 Å². The van der Waals surface area contributed by atoms with Crippen LogP contribution in [0.3, 0.4) is 0 Å². The van der Waals surface area contributed by atoms with E-state index < -0.39 is 11.7 Å². The number of nitrogens with two attached hydrogens (primary N) is 1. The van der Waals surface area contributed by atoms with E-state index >= 15 is 0 Å². The molecule has 1 rings (SSSR count). The third kappa shape index (κ3) is 2.81. The lowest BCUT2D eigenvalue weighted by Crippen LogP contribution is -2.05. The summed E-state index contributed by atoms with van der Waals surface area (Å²) in [5, 5.41) is 0.128. The van der Waals surface area contributed by atoms with Gasteiger partial charge >= 0.3 is 6.18 Å². The van der Waals surface area contributed by atoms with E-state index in [1.54, 1.807) is 0 Å². The Morgan fingerprint density at radius 3 is 2.15 bits per heavy atom. The quantitative estimate of drug-likeness (QED) is 0.653. The second kappa shape index (κ2) is 3.87. The molecule has 0 radical (unpaired) electrons. The lowest BCUT2D eigenvalue weighted by atomic mass is 10.2. The second-order valence-electron chi connectivity index (χ2n) is 2.23. The number of hydrogen-bond donors (Lipinski definition) is 1. The molecule has 0 fully saturated rings. The predicted octanol–water partition coefficient (Wildman–Crippen LogP) is 3.58. The number of benzene rings is 1. The first-order valence-corrected chi connectivity index (χ1v) is 3.41. The van der Waals surface area contributed by atoms with Crippen LogP contribution in [0.1, 0.15) is 13.0 Å². The van der Waals surface area contributed by atoms with Gasteiger partial charge in [-0.25, -0.2) is 0 Å². The molecule has 5 heteroatoms. The Morgan fingerprint density at radius 2 is 1.77 bits per heavy atom. The molecule has 1 nitrogen and oxygen atoms in total. The zero-order chi connectivity index (χ0) is 9.35. The minimum Gasteiger partial charge on any atom is -0.398 e. The van der Waals surface area contributed by atoms with Crippen LogP contribution in [0, 0.1) is 0 Å². The van der Waals surface area contributed by atoms with Gasteiger partial charge < -0.3 is 5.73 Å². The van der Waals surface area contributed by atoms with Crippen LogP contribution in [0.15, 0.2) is 18.2 Å². The summed E-state index contributed by atoms with van der Waals surface area (Å²) in [5.41, 5.74) is 4.33. The summed E-state index contributed by atoms with van der Waals surface area (Å²) in [6.45, 7) is 0. The third-order valence-electron chi connectivity index (χ3n) is 1.32. The summed E-state index contributed by atoms with van der Waals surface area (Å²) < 4.78 is 36.0. The van der Waals surface area contributed by atoms with Crippen molar-refractivity contribution in [3.63, 3.8) is 0 Å². The van der Waals surface area contributed by atoms with Crippen LogP contribution in [-0.2, 0) is 6.18 Å². The van der Waals surface area contributed by atoms with Crippen molar-refractivity contribution in [1.82, 2.24) is 0 Å². The Hall–Kier alpha value is -0.900. The summed E-state index contributed by atoms with van der Waals surface area (Å²) in [6, 6.07) is 2.82. The van der Waals surface area contributed by atoms with Crippen molar-refractivity contribution in [2.75, 3.05) is 5.73 Å². The molecular weight excluding hydrogens is 203 g/mol. The summed E-state index contributed by atoms with van der Waals surface area (Å²) in [7, 11) is 0. The van der Waals surface area contributed by atoms with Gasteiger partial charge in [-0.2, -0.15) is 13.2 Å². The molecule has 0 aromatic heterocycles. The highest BCUT2D eigenvalue weighted by atomic mass is 35.5. The molecule has 0 spiro atoms. The number of hydrogen-bond acceptors (Lipinski definition) is 1. The molecule has 1 aromatic rings. The van der Waals surface area contributed by atoms with Crippen molar-refractivity contribution < 1.29 is 13.2 Å². The van der Waals surface area contributed by atoms with Crippen LogP contribution in [0.25, 0.3) is 0 Å². The SMILES string of the molecule is C.Nc1cc(C(F)(F)F)ccc1Cl. The maximum Gasteiger partial charge on any atom is 0.416 e. The van der Waals surface area contributed by atoms with Gasteiger partial charge in [-0.1, -0.05) is 19.0 Å². The molecule has 0 aliphatic heterocycles. The van der Waals surface area contributed by atoms with E-state index in [0.717, 1.165) is 18.2 Å². The topological polar surface area (TPSA) is 26.0 Å². The average Bonchev–Trinajstić information content (AvgIpc) is 1.92. The summed E-state index contributed by atoms with van der Waals surface area (Å²) in [5.74, 6) is 0. The molecule has 0 bridgehead atoms. The van der Waals surface area contributed by atoms with Gasteiger partial charge in [0.25, 0.3) is 0 Å². The van der Waals surface area contributed by atoms with Crippen molar-refractivity contribution >= 4 is 17.3 Å². The lowest BCUT2D eigenvalue weighted by molar-refractivity contribution is -0.137. The highest BCUT2D eigenvalue weighted by Gasteiger charge is 2.30. The fourth-order valence-electron chi connectivity index (χ4n) is 0.720. The third-order valence-corrected chi connectivity index (χ3v) is 1.67. The zero-order valence-electron chi connectivity index (χ0n) is 5.82. The summed E-state index contributed by atoms with van der Waals surface area (Å²) in [6.07, 6.45) is -4.36. The molecule has 0 unspecified atom stereocenters. The highest BCUT2D eigenvalue weighted by molar-refractivity contribution is 6.33. The normalized spacial score (nSPS) is 10.8. The first-order chi connectivity index (χ1) is 5.41. The van der Waals surface area contributed by atoms with Crippen LogP contribution in [0.2, 0.25) is 5.02 Å².